The molecule has 1 aliphatic carbocycles. The normalized spacial score (nSPS) is 28.8. The van der Waals surface area contributed by atoms with Crippen molar-refractivity contribution in [3.05, 3.63) is 27.7 Å². The van der Waals surface area contributed by atoms with Gasteiger partial charge in [0.2, 0.25) is 5.91 Å². The highest BCUT2D eigenvalue weighted by Crippen LogP contribution is 2.42. The number of aromatic hydroxyl groups is 1. The monoisotopic (exact) mass is 329 g/mol. The Bertz CT molecular complexity index is 572. The van der Waals surface area contributed by atoms with E-state index in [1.54, 1.807) is 11.0 Å². The maximum absolute atomic E-state index is 12.1. The number of hydrogen-bond acceptors (Lipinski definition) is 3. The first-order valence-corrected chi connectivity index (χ1v) is 7.84. The van der Waals surface area contributed by atoms with Crippen molar-refractivity contribution in [1.82, 2.24) is 4.90 Å². The Kier molecular flexibility index (Phi) is 4.04. The molecular weight excluding hydrogens is 313 g/mol. The van der Waals surface area contributed by atoms with E-state index < -0.39 is 0 Å². The summed E-state index contributed by atoms with van der Waals surface area (Å²) in [6, 6.07) is 3.06. The molecule has 1 heterocycles. The number of hydrogen-bond donors (Lipinski definition) is 2. The van der Waals surface area contributed by atoms with Crippen molar-refractivity contribution in [1.29, 1.82) is 0 Å². The predicted molar refractivity (Wildman–Crippen MR) is 80.8 cm³/mol. The highest BCUT2D eigenvalue weighted by atomic mass is 35.5. The maximum Gasteiger partial charge on any atom is 0.223 e. The number of benzene rings is 1. The second-order valence-electron chi connectivity index (χ2n) is 5.99. The highest BCUT2D eigenvalue weighted by Gasteiger charge is 2.37. The lowest BCUT2D eigenvalue weighted by atomic mass is 9.82. The van der Waals surface area contributed by atoms with Crippen LogP contribution in [0.1, 0.15) is 30.7 Å². The fraction of sp³-hybridized carbons (Fsp3) is 0.533. The number of nitrogens with zero attached hydrogens (tertiary/aromatic N) is 1. The summed E-state index contributed by atoms with van der Waals surface area (Å²) in [6.45, 7) is 1.21. The third kappa shape index (κ3) is 2.85. The van der Waals surface area contributed by atoms with Crippen LogP contribution in [-0.2, 0) is 4.79 Å². The molecule has 0 bridgehead atoms. The van der Waals surface area contributed by atoms with Crippen LogP contribution in [0.4, 0.5) is 0 Å². The van der Waals surface area contributed by atoms with Gasteiger partial charge >= 0.3 is 0 Å². The summed E-state index contributed by atoms with van der Waals surface area (Å²) >= 11 is 12.2. The van der Waals surface area contributed by atoms with Gasteiger partial charge in [-0.1, -0.05) is 23.2 Å². The van der Waals surface area contributed by atoms with E-state index >= 15 is 0 Å². The summed E-state index contributed by atoms with van der Waals surface area (Å²) in [7, 11) is 0. The molecule has 1 saturated carbocycles. The Labute approximate surface area is 133 Å². The van der Waals surface area contributed by atoms with Gasteiger partial charge < -0.3 is 15.1 Å². The molecule has 21 heavy (non-hydrogen) atoms. The third-order valence-corrected chi connectivity index (χ3v) is 5.24. The molecule has 0 aromatic heterocycles. The number of carbonyl (C=O) groups is 1. The van der Waals surface area contributed by atoms with E-state index in [-0.39, 0.29) is 23.7 Å². The van der Waals surface area contributed by atoms with E-state index in [9.17, 15) is 15.0 Å². The minimum Gasteiger partial charge on any atom is -0.508 e. The number of amides is 1. The van der Waals surface area contributed by atoms with Gasteiger partial charge in [0.1, 0.15) is 5.75 Å². The average Bonchev–Trinajstić information content (AvgIpc) is 2.74. The molecule has 1 amide bonds. The number of halogens is 2. The molecule has 2 fully saturated rings. The van der Waals surface area contributed by atoms with E-state index in [0.29, 0.717) is 41.0 Å². The maximum atomic E-state index is 12.1. The number of phenolic OH excluding ortho intramolecular Hbond substituents is 1. The molecule has 1 atom stereocenters. The number of phenols is 1. The minimum atomic E-state index is -0.213. The second kappa shape index (κ2) is 5.67. The summed E-state index contributed by atoms with van der Waals surface area (Å²) in [5.41, 5.74) is 0.564. The first-order chi connectivity index (χ1) is 9.95. The number of aliphatic hydroxyl groups is 1. The van der Waals surface area contributed by atoms with Crippen LogP contribution in [0.15, 0.2) is 12.1 Å². The fourth-order valence-corrected chi connectivity index (χ4v) is 3.73. The second-order valence-corrected chi connectivity index (χ2v) is 6.77. The van der Waals surface area contributed by atoms with Gasteiger partial charge in [0.15, 0.2) is 0 Å². The van der Waals surface area contributed by atoms with E-state index in [0.717, 1.165) is 12.8 Å². The van der Waals surface area contributed by atoms with Crippen LogP contribution < -0.4 is 0 Å². The molecule has 2 aliphatic rings. The summed E-state index contributed by atoms with van der Waals surface area (Å²) in [6.07, 6.45) is 1.65. The lowest BCUT2D eigenvalue weighted by Crippen LogP contribution is -2.39. The number of likely N-dealkylation sites (tertiary alicyclic amines) is 1. The first kappa shape index (κ1) is 14.9. The molecule has 3 rings (SSSR count). The molecule has 0 radical (unpaired) electrons. The van der Waals surface area contributed by atoms with Crippen LogP contribution in [0.25, 0.3) is 0 Å². The SMILES string of the molecule is O=C1C[C@@H](c2c(O)ccc(Cl)c2Cl)CN1C[C@H]1C[C@H](O)C1. The van der Waals surface area contributed by atoms with E-state index in [1.807, 2.05) is 0 Å². The Morgan fingerprint density at radius 2 is 2.00 bits per heavy atom. The Balaban J connectivity index is 1.74. The number of aliphatic hydroxyl groups excluding tert-OH is 1. The average molecular weight is 330 g/mol. The summed E-state index contributed by atoms with van der Waals surface area (Å²) in [5.74, 6) is 0.403. The quantitative estimate of drug-likeness (QED) is 0.896. The van der Waals surface area contributed by atoms with E-state index in [4.69, 9.17) is 23.2 Å². The van der Waals surface area contributed by atoms with Crippen molar-refractivity contribution >= 4 is 29.1 Å². The van der Waals surface area contributed by atoms with Crippen molar-refractivity contribution < 1.29 is 15.0 Å². The first-order valence-electron chi connectivity index (χ1n) is 7.08. The van der Waals surface area contributed by atoms with Crippen LogP contribution in [0.3, 0.4) is 0 Å². The smallest absolute Gasteiger partial charge is 0.223 e. The summed E-state index contributed by atoms with van der Waals surface area (Å²) in [5, 5.41) is 20.1. The van der Waals surface area contributed by atoms with Crippen LogP contribution in [0, 0.1) is 5.92 Å². The predicted octanol–water partition coefficient (Wildman–Crippen LogP) is 2.79. The van der Waals surface area contributed by atoms with Crippen molar-refractivity contribution in [2.45, 2.75) is 31.3 Å². The molecule has 1 aromatic carbocycles. The van der Waals surface area contributed by atoms with Crippen LogP contribution in [-0.4, -0.2) is 40.2 Å². The van der Waals surface area contributed by atoms with Gasteiger partial charge in [-0.15, -0.1) is 0 Å². The van der Waals surface area contributed by atoms with Gasteiger partial charge in [0, 0.05) is 31.0 Å². The standard InChI is InChI=1S/C15H17Cl2NO3/c16-11-1-2-12(20)14(15(11)17)9-5-13(21)18(7-9)6-8-3-10(19)4-8/h1-2,8-10,19-20H,3-7H2/t8-,9-,10-/m1/s1. The molecule has 114 valence electrons. The van der Waals surface area contributed by atoms with E-state index in [2.05, 4.69) is 0 Å². The molecule has 4 nitrogen and oxygen atoms in total. The van der Waals surface area contributed by atoms with Crippen LogP contribution >= 0.6 is 23.2 Å². The lowest BCUT2D eigenvalue weighted by molar-refractivity contribution is -0.129. The molecule has 2 N–H and O–H groups in total. The van der Waals surface area contributed by atoms with Crippen molar-refractivity contribution in [3.63, 3.8) is 0 Å². The topological polar surface area (TPSA) is 60.8 Å². The highest BCUT2D eigenvalue weighted by molar-refractivity contribution is 6.42. The zero-order valence-electron chi connectivity index (χ0n) is 11.4. The van der Waals surface area contributed by atoms with Gasteiger partial charge in [-0.05, 0) is 30.9 Å². The molecule has 0 spiro atoms. The van der Waals surface area contributed by atoms with Crippen LogP contribution in [0.5, 0.6) is 5.75 Å². The zero-order chi connectivity index (χ0) is 15.1. The van der Waals surface area contributed by atoms with Gasteiger partial charge in [-0.3, -0.25) is 4.79 Å². The van der Waals surface area contributed by atoms with Crippen molar-refractivity contribution in [2.24, 2.45) is 5.92 Å². The molecule has 1 saturated heterocycles. The Hall–Kier alpha value is -0.970. The van der Waals surface area contributed by atoms with Crippen LogP contribution in [0.2, 0.25) is 10.0 Å². The summed E-state index contributed by atoms with van der Waals surface area (Å²) in [4.78, 5) is 13.9. The molecule has 1 aliphatic heterocycles. The van der Waals surface area contributed by atoms with E-state index in [1.165, 1.54) is 6.07 Å². The largest absolute Gasteiger partial charge is 0.508 e. The fourth-order valence-electron chi connectivity index (χ4n) is 3.25. The van der Waals surface area contributed by atoms with Crippen molar-refractivity contribution in [3.8, 4) is 5.75 Å². The molecular formula is C15H17Cl2NO3. The van der Waals surface area contributed by atoms with Gasteiger partial charge in [-0.25, -0.2) is 0 Å². The Morgan fingerprint density at radius 3 is 2.67 bits per heavy atom. The zero-order valence-corrected chi connectivity index (χ0v) is 12.9. The summed E-state index contributed by atoms with van der Waals surface area (Å²) < 4.78 is 0. The lowest BCUT2D eigenvalue weighted by Gasteiger charge is -2.34. The number of rotatable bonds is 3. The minimum absolute atomic E-state index is 0.0665. The Morgan fingerprint density at radius 1 is 1.29 bits per heavy atom. The van der Waals surface area contributed by atoms with Gasteiger partial charge in [-0.2, -0.15) is 0 Å². The molecule has 1 aromatic rings. The molecule has 6 heteroatoms. The number of carbonyl (C=O) groups excluding carboxylic acids is 1. The van der Waals surface area contributed by atoms with Gasteiger partial charge in [0.25, 0.3) is 0 Å². The molecule has 0 unspecified atom stereocenters. The third-order valence-electron chi connectivity index (χ3n) is 4.42. The van der Waals surface area contributed by atoms with Gasteiger partial charge in [0.05, 0.1) is 16.1 Å². The van der Waals surface area contributed by atoms with Crippen molar-refractivity contribution in [2.75, 3.05) is 13.1 Å².